The summed E-state index contributed by atoms with van der Waals surface area (Å²) in [5.74, 6) is -1.12. The predicted molar refractivity (Wildman–Crippen MR) is 71.4 cm³/mol. The minimum Gasteiger partial charge on any atom is -0.477 e. The second kappa shape index (κ2) is 4.86. The molecule has 1 fully saturated rings. The van der Waals surface area contributed by atoms with E-state index in [1.54, 1.807) is 12.1 Å². The van der Waals surface area contributed by atoms with Crippen LogP contribution in [0.2, 0.25) is 0 Å². The Morgan fingerprint density at radius 2 is 2.33 bits per heavy atom. The van der Waals surface area contributed by atoms with Crippen LogP contribution in [-0.4, -0.2) is 30.6 Å². The molecule has 1 aliphatic rings. The molecule has 3 unspecified atom stereocenters. The van der Waals surface area contributed by atoms with Crippen molar-refractivity contribution in [1.82, 2.24) is 9.40 Å². The second-order valence-corrected chi connectivity index (χ2v) is 6.39. The molecular weight excluding hydrogens is 297 g/mol. The number of carboxylic acids is 1. The zero-order chi connectivity index (χ0) is 13.5. The normalized spacial score (nSPS) is 32.7. The molecule has 0 bridgehead atoms. The number of hydrogen-bond donors (Lipinski definition) is 2. The summed E-state index contributed by atoms with van der Waals surface area (Å²) < 4.78 is 0.866. The lowest BCUT2D eigenvalue weighted by Crippen LogP contribution is -2.51. The van der Waals surface area contributed by atoms with Crippen LogP contribution in [0.3, 0.4) is 0 Å². The van der Waals surface area contributed by atoms with Crippen LogP contribution in [0.1, 0.15) is 23.1 Å². The minimum absolute atomic E-state index is 0.0872. The molecule has 0 saturated carbocycles. The second-order valence-electron chi connectivity index (χ2n) is 3.90. The number of carbonyl (C=O) groups is 1. The van der Waals surface area contributed by atoms with E-state index in [4.69, 9.17) is 34.2 Å². The molecule has 1 aliphatic heterocycles. The Bertz CT molecular complexity index is 490. The van der Waals surface area contributed by atoms with Crippen molar-refractivity contribution < 1.29 is 9.90 Å². The summed E-state index contributed by atoms with van der Waals surface area (Å²) in [5, 5.41) is 8.84. The standard InChI is InChI=1S/C10H11Cl2N3O2S/c1-5-15(12)10(13,9(11)18-5)7-4-2-3-6(14-7)8(16)17/h2-5,9H,13H2,1H3,(H,16,17). The van der Waals surface area contributed by atoms with Crippen LogP contribution < -0.4 is 5.73 Å². The van der Waals surface area contributed by atoms with Crippen LogP contribution in [-0.2, 0) is 5.66 Å². The fourth-order valence-electron chi connectivity index (χ4n) is 1.73. The van der Waals surface area contributed by atoms with Gasteiger partial charge in [-0.15, -0.1) is 23.4 Å². The van der Waals surface area contributed by atoms with Gasteiger partial charge >= 0.3 is 5.97 Å². The molecule has 5 nitrogen and oxygen atoms in total. The van der Waals surface area contributed by atoms with Crippen LogP contribution in [0.25, 0.3) is 0 Å². The number of alkyl halides is 1. The Morgan fingerprint density at radius 3 is 2.83 bits per heavy atom. The van der Waals surface area contributed by atoms with Crippen molar-refractivity contribution in [3.63, 3.8) is 0 Å². The molecule has 18 heavy (non-hydrogen) atoms. The molecule has 1 aromatic heterocycles. The third-order valence-corrected chi connectivity index (χ3v) is 5.25. The van der Waals surface area contributed by atoms with Crippen molar-refractivity contribution in [2.45, 2.75) is 22.7 Å². The lowest BCUT2D eigenvalue weighted by atomic mass is 10.1. The summed E-state index contributed by atoms with van der Waals surface area (Å²) in [6.07, 6.45) is 0. The Morgan fingerprint density at radius 1 is 1.67 bits per heavy atom. The summed E-state index contributed by atoms with van der Waals surface area (Å²) in [5.41, 5.74) is 5.27. The highest BCUT2D eigenvalue weighted by molar-refractivity contribution is 8.01. The molecule has 0 amide bonds. The van der Waals surface area contributed by atoms with Crippen molar-refractivity contribution in [3.05, 3.63) is 29.6 Å². The molecule has 8 heteroatoms. The van der Waals surface area contributed by atoms with Crippen molar-refractivity contribution in [2.75, 3.05) is 0 Å². The maximum absolute atomic E-state index is 10.9. The maximum atomic E-state index is 10.9. The SMILES string of the molecule is CC1SC(Cl)C(N)(c2cccc(C(=O)O)n2)N1Cl. The zero-order valence-corrected chi connectivity index (χ0v) is 11.7. The number of hydrogen-bond acceptors (Lipinski definition) is 5. The number of aromatic nitrogens is 1. The maximum Gasteiger partial charge on any atom is 0.354 e. The van der Waals surface area contributed by atoms with Crippen LogP contribution >= 0.6 is 35.1 Å². The highest BCUT2D eigenvalue weighted by Gasteiger charge is 2.51. The van der Waals surface area contributed by atoms with Crippen molar-refractivity contribution in [1.29, 1.82) is 0 Å². The first-order valence-corrected chi connectivity index (χ1v) is 6.83. The molecule has 3 atom stereocenters. The van der Waals surface area contributed by atoms with Crippen LogP contribution in [0.4, 0.5) is 0 Å². The summed E-state index contributed by atoms with van der Waals surface area (Å²) >= 11 is 13.7. The zero-order valence-electron chi connectivity index (χ0n) is 9.38. The largest absolute Gasteiger partial charge is 0.477 e. The van der Waals surface area contributed by atoms with Gasteiger partial charge in [-0.2, -0.15) is 4.42 Å². The van der Waals surface area contributed by atoms with E-state index in [0.717, 1.165) is 0 Å². The Balaban J connectivity index is 2.47. The minimum atomic E-state index is -1.20. The van der Waals surface area contributed by atoms with Gasteiger partial charge in [0.05, 0.1) is 11.1 Å². The van der Waals surface area contributed by atoms with Gasteiger partial charge in [-0.05, 0) is 30.8 Å². The molecule has 0 spiro atoms. The van der Waals surface area contributed by atoms with Gasteiger partial charge in [-0.1, -0.05) is 6.07 Å². The number of pyridine rings is 1. The number of rotatable bonds is 2. The van der Waals surface area contributed by atoms with E-state index >= 15 is 0 Å². The molecule has 1 saturated heterocycles. The van der Waals surface area contributed by atoms with E-state index in [-0.39, 0.29) is 11.1 Å². The van der Waals surface area contributed by atoms with E-state index in [2.05, 4.69) is 4.98 Å². The van der Waals surface area contributed by atoms with Gasteiger partial charge in [0.2, 0.25) is 0 Å². The first kappa shape index (κ1) is 13.9. The quantitative estimate of drug-likeness (QED) is 0.642. The lowest BCUT2D eigenvalue weighted by molar-refractivity contribution is 0.0689. The van der Waals surface area contributed by atoms with E-state index in [1.165, 1.54) is 22.2 Å². The van der Waals surface area contributed by atoms with Crippen LogP contribution in [0, 0.1) is 0 Å². The van der Waals surface area contributed by atoms with Crippen LogP contribution in [0.5, 0.6) is 0 Å². The third-order valence-electron chi connectivity index (χ3n) is 2.71. The van der Waals surface area contributed by atoms with E-state index in [1.807, 2.05) is 6.92 Å². The van der Waals surface area contributed by atoms with Gasteiger partial charge in [0.15, 0.2) is 5.66 Å². The molecule has 3 N–H and O–H groups in total. The van der Waals surface area contributed by atoms with Gasteiger partial charge in [0.25, 0.3) is 0 Å². The highest BCUT2D eigenvalue weighted by Crippen LogP contribution is 2.48. The average Bonchev–Trinajstić information content (AvgIpc) is 2.54. The molecule has 0 aromatic carbocycles. The highest BCUT2D eigenvalue weighted by atomic mass is 35.5. The first-order chi connectivity index (χ1) is 8.37. The van der Waals surface area contributed by atoms with Gasteiger partial charge in [-0.25, -0.2) is 9.78 Å². The smallest absolute Gasteiger partial charge is 0.354 e. The number of nitrogens with two attached hydrogens (primary N) is 1. The monoisotopic (exact) mass is 307 g/mol. The molecule has 2 heterocycles. The Labute approximate surface area is 118 Å². The van der Waals surface area contributed by atoms with Crippen molar-refractivity contribution >= 4 is 41.1 Å². The molecule has 2 rings (SSSR count). The molecule has 0 aliphatic carbocycles. The number of halogens is 2. The number of nitrogens with zero attached hydrogens (tertiary/aromatic N) is 2. The van der Waals surface area contributed by atoms with E-state index in [9.17, 15) is 4.79 Å². The van der Waals surface area contributed by atoms with E-state index < -0.39 is 16.3 Å². The molecule has 0 radical (unpaired) electrons. The molecule has 98 valence electrons. The average molecular weight is 308 g/mol. The summed E-state index contributed by atoms with van der Waals surface area (Å²) in [6, 6.07) is 4.58. The number of aromatic carboxylic acids is 1. The summed E-state index contributed by atoms with van der Waals surface area (Å²) in [4.78, 5) is 14.9. The number of thioether (sulfide) groups is 1. The Kier molecular flexibility index (Phi) is 3.75. The molecular formula is C10H11Cl2N3O2S. The summed E-state index contributed by atoms with van der Waals surface area (Å²) in [7, 11) is 0. The molecule has 1 aromatic rings. The van der Waals surface area contributed by atoms with Crippen molar-refractivity contribution in [2.24, 2.45) is 5.73 Å². The Hall–Kier alpha value is -0.530. The van der Waals surface area contributed by atoms with E-state index in [0.29, 0.717) is 5.69 Å². The first-order valence-electron chi connectivity index (χ1n) is 5.11. The van der Waals surface area contributed by atoms with Gasteiger partial charge in [0.1, 0.15) is 10.4 Å². The fourth-order valence-corrected chi connectivity index (χ4v) is 3.89. The fraction of sp³-hybridized carbons (Fsp3) is 0.400. The number of carboxylic acid groups (broad SMARTS) is 1. The third kappa shape index (κ3) is 2.08. The van der Waals surface area contributed by atoms with Crippen LogP contribution in [0.15, 0.2) is 18.2 Å². The van der Waals surface area contributed by atoms with Gasteiger partial charge in [-0.3, -0.25) is 0 Å². The van der Waals surface area contributed by atoms with Crippen molar-refractivity contribution in [3.8, 4) is 0 Å². The topological polar surface area (TPSA) is 79.5 Å². The lowest BCUT2D eigenvalue weighted by Gasteiger charge is -2.31. The van der Waals surface area contributed by atoms with Gasteiger partial charge < -0.3 is 10.8 Å². The predicted octanol–water partition coefficient (Wildman–Crippen LogP) is 2.00. The van der Waals surface area contributed by atoms with Gasteiger partial charge in [0, 0.05) is 0 Å². The summed E-state index contributed by atoms with van der Waals surface area (Å²) in [6.45, 7) is 1.86.